The van der Waals surface area contributed by atoms with Gasteiger partial charge in [-0.05, 0) is 51.0 Å². The van der Waals surface area contributed by atoms with Gasteiger partial charge in [-0.15, -0.1) is 0 Å². The fourth-order valence-electron chi connectivity index (χ4n) is 2.78. The number of nitrogens with zero attached hydrogens (tertiary/aromatic N) is 2. The van der Waals surface area contributed by atoms with Crippen LogP contribution in [-0.4, -0.2) is 18.0 Å². The van der Waals surface area contributed by atoms with Gasteiger partial charge >= 0.3 is 0 Å². The highest BCUT2D eigenvalue weighted by atomic mass is 15.2. The van der Waals surface area contributed by atoms with Crippen molar-refractivity contribution in [3.63, 3.8) is 0 Å². The number of anilines is 1. The minimum atomic E-state index is 0.131. The lowest BCUT2D eigenvalue weighted by Gasteiger charge is -2.36. The van der Waals surface area contributed by atoms with E-state index in [0.717, 1.165) is 18.2 Å². The molecule has 2 rings (SSSR count). The van der Waals surface area contributed by atoms with Crippen molar-refractivity contribution in [3.05, 3.63) is 29.8 Å². The van der Waals surface area contributed by atoms with Gasteiger partial charge in [-0.2, -0.15) is 5.26 Å². The van der Waals surface area contributed by atoms with Gasteiger partial charge in [0.05, 0.1) is 11.6 Å². The molecule has 0 saturated heterocycles. The molecule has 4 nitrogen and oxygen atoms in total. The summed E-state index contributed by atoms with van der Waals surface area (Å²) in [6, 6.07) is 9.58. The number of hydrogen-bond acceptors (Lipinski definition) is 2. The summed E-state index contributed by atoms with van der Waals surface area (Å²) >= 11 is 0. The minimum absolute atomic E-state index is 0.131. The van der Waals surface area contributed by atoms with Crippen LogP contribution in [0.25, 0.3) is 0 Å². The van der Waals surface area contributed by atoms with Gasteiger partial charge in [-0.1, -0.05) is 19.3 Å². The number of rotatable bonds is 3. The molecule has 0 spiro atoms. The van der Waals surface area contributed by atoms with Crippen LogP contribution < -0.4 is 10.6 Å². The summed E-state index contributed by atoms with van der Waals surface area (Å²) in [5.74, 6) is 0.826. The van der Waals surface area contributed by atoms with E-state index in [2.05, 4.69) is 28.6 Å². The van der Waals surface area contributed by atoms with Gasteiger partial charge in [0.15, 0.2) is 5.96 Å². The van der Waals surface area contributed by atoms with Gasteiger partial charge in [0.2, 0.25) is 0 Å². The topological polar surface area (TPSA) is 60.2 Å². The van der Waals surface area contributed by atoms with Crippen molar-refractivity contribution in [2.75, 3.05) is 11.9 Å². The van der Waals surface area contributed by atoms with Crippen molar-refractivity contribution in [2.24, 2.45) is 4.99 Å². The van der Waals surface area contributed by atoms with E-state index in [4.69, 9.17) is 5.26 Å². The second-order valence-electron chi connectivity index (χ2n) is 5.88. The first-order chi connectivity index (χ1) is 10.1. The summed E-state index contributed by atoms with van der Waals surface area (Å²) in [6.45, 7) is 5.05. The van der Waals surface area contributed by atoms with Crippen LogP contribution in [-0.2, 0) is 0 Å². The summed E-state index contributed by atoms with van der Waals surface area (Å²) in [6.07, 6.45) is 6.26. The number of guanidine groups is 1. The van der Waals surface area contributed by atoms with Crippen molar-refractivity contribution >= 4 is 11.6 Å². The van der Waals surface area contributed by atoms with Gasteiger partial charge < -0.3 is 10.6 Å². The van der Waals surface area contributed by atoms with Crippen molar-refractivity contribution in [3.8, 4) is 6.07 Å². The molecule has 2 N–H and O–H groups in total. The minimum Gasteiger partial charge on any atom is -0.351 e. The first-order valence-corrected chi connectivity index (χ1v) is 7.75. The van der Waals surface area contributed by atoms with E-state index in [1.165, 1.54) is 32.1 Å². The number of nitriles is 1. The largest absolute Gasteiger partial charge is 0.351 e. The average molecular weight is 284 g/mol. The van der Waals surface area contributed by atoms with Crippen LogP contribution >= 0.6 is 0 Å². The maximum absolute atomic E-state index is 8.84. The molecule has 0 heterocycles. The van der Waals surface area contributed by atoms with Crippen LogP contribution in [0.3, 0.4) is 0 Å². The highest BCUT2D eigenvalue weighted by Gasteiger charge is 2.27. The summed E-state index contributed by atoms with van der Waals surface area (Å²) in [4.78, 5) is 4.53. The number of aliphatic imine (C=N–C) groups is 1. The number of benzene rings is 1. The third-order valence-corrected chi connectivity index (χ3v) is 3.97. The molecular weight excluding hydrogens is 260 g/mol. The predicted octanol–water partition coefficient (Wildman–Crippen LogP) is 3.66. The molecule has 0 amide bonds. The lowest BCUT2D eigenvalue weighted by Crippen LogP contribution is -2.49. The molecule has 112 valence electrons. The second-order valence-corrected chi connectivity index (χ2v) is 5.88. The Hall–Kier alpha value is -2.02. The van der Waals surface area contributed by atoms with Gasteiger partial charge in [0.25, 0.3) is 0 Å². The zero-order valence-corrected chi connectivity index (χ0v) is 12.9. The first kappa shape index (κ1) is 15.4. The molecule has 4 heteroatoms. The Morgan fingerprint density at radius 2 is 1.90 bits per heavy atom. The number of nitrogens with one attached hydrogen (secondary N) is 2. The summed E-state index contributed by atoms with van der Waals surface area (Å²) in [5, 5.41) is 15.8. The molecule has 0 bridgehead atoms. The van der Waals surface area contributed by atoms with Crippen LogP contribution in [0.4, 0.5) is 5.69 Å². The molecule has 1 saturated carbocycles. The lowest BCUT2D eigenvalue weighted by molar-refractivity contribution is 0.290. The van der Waals surface area contributed by atoms with E-state index in [-0.39, 0.29) is 5.54 Å². The molecule has 0 atom stereocenters. The van der Waals surface area contributed by atoms with E-state index in [1.807, 2.05) is 31.2 Å². The van der Waals surface area contributed by atoms with Crippen molar-refractivity contribution in [2.45, 2.75) is 51.5 Å². The summed E-state index contributed by atoms with van der Waals surface area (Å²) in [7, 11) is 0. The normalized spacial score (nSPS) is 17.9. The molecule has 1 aliphatic rings. The molecule has 0 aliphatic heterocycles. The summed E-state index contributed by atoms with van der Waals surface area (Å²) in [5.41, 5.74) is 1.75. The molecule has 1 aromatic carbocycles. The Bertz CT molecular complexity index is 519. The lowest BCUT2D eigenvalue weighted by atomic mass is 9.83. The maximum atomic E-state index is 8.84. The molecule has 21 heavy (non-hydrogen) atoms. The Morgan fingerprint density at radius 1 is 1.24 bits per heavy atom. The Balaban J connectivity index is 2.05. The molecule has 1 fully saturated rings. The SMILES string of the molecule is CCN=C(Nc1ccc(C#N)cc1)NC1(C)CCCCC1. The van der Waals surface area contributed by atoms with E-state index >= 15 is 0 Å². The molecule has 1 aliphatic carbocycles. The van der Waals surface area contributed by atoms with E-state index < -0.39 is 0 Å². The molecule has 0 unspecified atom stereocenters. The maximum Gasteiger partial charge on any atom is 0.196 e. The Kier molecular flexibility index (Phi) is 5.21. The molecule has 0 radical (unpaired) electrons. The van der Waals surface area contributed by atoms with Crippen LogP contribution in [0.2, 0.25) is 0 Å². The van der Waals surface area contributed by atoms with Crippen LogP contribution in [0.1, 0.15) is 51.5 Å². The Labute approximate surface area is 127 Å². The standard InChI is InChI=1S/C17H24N4/c1-3-19-16(21-17(2)11-5-4-6-12-17)20-15-9-7-14(13-18)8-10-15/h7-10H,3-6,11-12H2,1-2H3,(H2,19,20,21). The fourth-order valence-corrected chi connectivity index (χ4v) is 2.78. The van der Waals surface area contributed by atoms with Crippen LogP contribution in [0.5, 0.6) is 0 Å². The van der Waals surface area contributed by atoms with E-state index in [0.29, 0.717) is 5.56 Å². The van der Waals surface area contributed by atoms with Gasteiger partial charge in [-0.3, -0.25) is 4.99 Å². The highest BCUT2D eigenvalue weighted by Crippen LogP contribution is 2.27. The first-order valence-electron chi connectivity index (χ1n) is 7.75. The van der Waals surface area contributed by atoms with Crippen LogP contribution in [0.15, 0.2) is 29.3 Å². The third-order valence-electron chi connectivity index (χ3n) is 3.97. The Morgan fingerprint density at radius 3 is 2.48 bits per heavy atom. The fraction of sp³-hybridized carbons (Fsp3) is 0.529. The summed E-state index contributed by atoms with van der Waals surface area (Å²) < 4.78 is 0. The molecular formula is C17H24N4. The van der Waals surface area contributed by atoms with Gasteiger partial charge in [0.1, 0.15) is 0 Å². The van der Waals surface area contributed by atoms with E-state index in [9.17, 15) is 0 Å². The zero-order valence-electron chi connectivity index (χ0n) is 12.9. The third kappa shape index (κ3) is 4.49. The van der Waals surface area contributed by atoms with Gasteiger partial charge in [0, 0.05) is 17.8 Å². The number of hydrogen-bond donors (Lipinski definition) is 2. The highest BCUT2D eigenvalue weighted by molar-refractivity contribution is 5.94. The average Bonchev–Trinajstić information content (AvgIpc) is 2.48. The van der Waals surface area contributed by atoms with Crippen LogP contribution in [0, 0.1) is 11.3 Å². The molecule has 1 aromatic rings. The monoisotopic (exact) mass is 284 g/mol. The van der Waals surface area contributed by atoms with Crippen molar-refractivity contribution in [1.29, 1.82) is 5.26 Å². The molecule has 0 aromatic heterocycles. The van der Waals surface area contributed by atoms with Crippen molar-refractivity contribution in [1.82, 2.24) is 5.32 Å². The van der Waals surface area contributed by atoms with Crippen molar-refractivity contribution < 1.29 is 0 Å². The predicted molar refractivity (Wildman–Crippen MR) is 87.4 cm³/mol. The van der Waals surface area contributed by atoms with E-state index in [1.54, 1.807) is 0 Å². The van der Waals surface area contributed by atoms with Gasteiger partial charge in [-0.25, -0.2) is 0 Å². The second kappa shape index (κ2) is 7.12. The quantitative estimate of drug-likeness (QED) is 0.658. The smallest absolute Gasteiger partial charge is 0.196 e. The zero-order chi connectivity index (χ0) is 15.1.